The van der Waals surface area contributed by atoms with Crippen molar-refractivity contribution in [2.45, 2.75) is 45.4 Å². The highest BCUT2D eigenvalue weighted by molar-refractivity contribution is 5.88. The van der Waals surface area contributed by atoms with Gasteiger partial charge in [-0.25, -0.2) is 0 Å². The van der Waals surface area contributed by atoms with Crippen molar-refractivity contribution >= 4 is 29.3 Å². The van der Waals surface area contributed by atoms with Crippen molar-refractivity contribution in [1.82, 2.24) is 4.90 Å². The van der Waals surface area contributed by atoms with Gasteiger partial charge < -0.3 is 19.8 Å². The average Bonchev–Trinajstić information content (AvgIpc) is 2.95. The number of nitrogens with zero attached hydrogens (tertiary/aromatic N) is 1. The van der Waals surface area contributed by atoms with Crippen LogP contribution in [-0.2, 0) is 16.1 Å². The minimum Gasteiger partial charge on any atom is -0.459 e. The first-order chi connectivity index (χ1) is 11.3. The molecule has 0 aliphatic heterocycles. The van der Waals surface area contributed by atoms with Crippen LogP contribution in [0.1, 0.15) is 33.0 Å². The molecule has 2 unspecified atom stereocenters. The Hall–Kier alpha value is -1.56. The van der Waals surface area contributed by atoms with Gasteiger partial charge in [-0.15, -0.1) is 12.4 Å². The summed E-state index contributed by atoms with van der Waals surface area (Å²) in [5.41, 5.74) is 6.02. The average molecular weight is 367 g/mol. The van der Waals surface area contributed by atoms with Gasteiger partial charge in [0.25, 0.3) is 0 Å². The zero-order chi connectivity index (χ0) is 17.5. The van der Waals surface area contributed by atoms with Crippen LogP contribution in [0.3, 0.4) is 0 Å². The van der Waals surface area contributed by atoms with Gasteiger partial charge in [0.2, 0.25) is 5.91 Å². The van der Waals surface area contributed by atoms with Gasteiger partial charge in [-0.3, -0.25) is 4.79 Å². The molecule has 0 bridgehead atoms. The molecule has 1 aliphatic carbocycles. The fraction of sp³-hybridized carbons (Fsp3) is 0.526. The molecule has 0 saturated heterocycles. The Morgan fingerprint density at radius 3 is 2.68 bits per heavy atom. The molecule has 1 amide bonds. The minimum absolute atomic E-state index is 0. The lowest BCUT2D eigenvalue weighted by atomic mass is 9.54. The predicted octanol–water partition coefficient (Wildman–Crippen LogP) is 3.35. The lowest BCUT2D eigenvalue weighted by Crippen LogP contribution is -2.75. The Kier molecular flexibility index (Phi) is 5.52. The summed E-state index contributed by atoms with van der Waals surface area (Å²) in [6.07, 6.45) is 0.577. The number of benzene rings is 1. The highest BCUT2D eigenvalue weighted by Crippen LogP contribution is 2.50. The molecule has 6 heteroatoms. The quantitative estimate of drug-likeness (QED) is 0.881. The summed E-state index contributed by atoms with van der Waals surface area (Å²) in [6.45, 7) is 7.00. The largest absolute Gasteiger partial charge is 0.459 e. The van der Waals surface area contributed by atoms with Gasteiger partial charge in [-0.2, -0.15) is 0 Å². The number of furan rings is 1. The molecule has 1 saturated carbocycles. The molecule has 3 rings (SSSR count). The first-order valence-corrected chi connectivity index (χ1v) is 8.43. The molecule has 1 aromatic carbocycles. The van der Waals surface area contributed by atoms with Crippen molar-refractivity contribution in [2.24, 2.45) is 11.1 Å². The predicted molar refractivity (Wildman–Crippen MR) is 101 cm³/mol. The van der Waals surface area contributed by atoms with E-state index >= 15 is 0 Å². The topological polar surface area (TPSA) is 68.7 Å². The summed E-state index contributed by atoms with van der Waals surface area (Å²) in [5, 5.41) is 1.04. The minimum atomic E-state index is -0.895. The van der Waals surface area contributed by atoms with Crippen LogP contribution in [0, 0.1) is 5.41 Å². The van der Waals surface area contributed by atoms with E-state index in [-0.39, 0.29) is 29.8 Å². The third-order valence-corrected chi connectivity index (χ3v) is 5.43. The smallest absolute Gasteiger partial charge is 0.243 e. The molecular formula is C19H27ClN2O3. The summed E-state index contributed by atoms with van der Waals surface area (Å²) in [4.78, 5) is 14.6. The number of para-hydroxylation sites is 1. The molecule has 2 N–H and O–H groups in total. The maximum atomic E-state index is 12.9. The monoisotopic (exact) mass is 366 g/mol. The Labute approximate surface area is 154 Å². The molecule has 1 heterocycles. The first-order valence-electron chi connectivity index (χ1n) is 8.43. The first kappa shape index (κ1) is 19.8. The zero-order valence-corrected chi connectivity index (χ0v) is 16.1. The van der Waals surface area contributed by atoms with E-state index in [1.807, 2.05) is 51.1 Å². The standard InChI is InChI=1S/C19H26N2O3.ClH/c1-5-23-16-11-19(20,18(16,2)3)17(22)21(4)12-14-10-13-8-6-7-9-15(13)24-14;/h6-10,16H,5,11-12,20H2,1-4H3;1H. The third kappa shape index (κ3) is 3.16. The van der Waals surface area contributed by atoms with E-state index in [9.17, 15) is 4.79 Å². The second-order valence-electron chi connectivity index (χ2n) is 7.25. The van der Waals surface area contributed by atoms with Crippen molar-refractivity contribution in [3.8, 4) is 0 Å². The summed E-state index contributed by atoms with van der Waals surface area (Å²) in [7, 11) is 1.77. The Bertz CT molecular complexity index is 725. The maximum absolute atomic E-state index is 12.9. The number of ether oxygens (including phenoxy) is 1. The number of likely N-dealkylation sites (N-methyl/N-ethyl adjacent to an activating group) is 1. The maximum Gasteiger partial charge on any atom is 0.243 e. The van der Waals surface area contributed by atoms with Gasteiger partial charge in [0.05, 0.1) is 12.6 Å². The second kappa shape index (κ2) is 6.98. The molecule has 138 valence electrons. The van der Waals surface area contributed by atoms with Crippen LogP contribution < -0.4 is 5.73 Å². The molecule has 2 atom stereocenters. The number of hydrogen-bond donors (Lipinski definition) is 1. The van der Waals surface area contributed by atoms with E-state index in [0.717, 1.165) is 16.7 Å². The van der Waals surface area contributed by atoms with Crippen LogP contribution in [0.15, 0.2) is 34.7 Å². The van der Waals surface area contributed by atoms with E-state index in [4.69, 9.17) is 14.9 Å². The fourth-order valence-corrected chi connectivity index (χ4v) is 3.56. The van der Waals surface area contributed by atoms with Gasteiger partial charge in [-0.05, 0) is 19.1 Å². The van der Waals surface area contributed by atoms with Crippen LogP contribution >= 0.6 is 12.4 Å². The number of fused-ring (bicyclic) bond motifs is 1. The van der Waals surface area contributed by atoms with Crippen LogP contribution in [0.4, 0.5) is 0 Å². The zero-order valence-electron chi connectivity index (χ0n) is 15.2. The molecule has 2 aromatic rings. The SMILES string of the molecule is CCOC1CC(N)(C(=O)N(C)Cc2cc3ccccc3o2)C1(C)C.Cl. The summed E-state index contributed by atoms with van der Waals surface area (Å²) in [6, 6.07) is 9.79. The van der Waals surface area contributed by atoms with E-state index < -0.39 is 5.54 Å². The third-order valence-electron chi connectivity index (χ3n) is 5.43. The lowest BCUT2D eigenvalue weighted by Gasteiger charge is -2.58. The van der Waals surface area contributed by atoms with Crippen molar-refractivity contribution < 1.29 is 13.9 Å². The molecule has 1 aliphatic rings. The number of carbonyl (C=O) groups excluding carboxylic acids is 1. The van der Waals surface area contributed by atoms with Crippen LogP contribution in [0.25, 0.3) is 11.0 Å². The molecule has 0 radical (unpaired) electrons. The molecular weight excluding hydrogens is 340 g/mol. The molecule has 25 heavy (non-hydrogen) atoms. The van der Waals surface area contributed by atoms with Gasteiger partial charge in [-0.1, -0.05) is 32.0 Å². The summed E-state index contributed by atoms with van der Waals surface area (Å²) >= 11 is 0. The van der Waals surface area contributed by atoms with Gasteiger partial charge in [0.1, 0.15) is 16.9 Å². The van der Waals surface area contributed by atoms with Crippen LogP contribution in [0.5, 0.6) is 0 Å². The van der Waals surface area contributed by atoms with Crippen LogP contribution in [-0.4, -0.2) is 36.1 Å². The molecule has 1 fully saturated rings. The normalized spacial score (nSPS) is 24.4. The van der Waals surface area contributed by atoms with Crippen molar-refractivity contribution in [3.05, 3.63) is 36.1 Å². The van der Waals surface area contributed by atoms with Gasteiger partial charge >= 0.3 is 0 Å². The van der Waals surface area contributed by atoms with E-state index in [1.54, 1.807) is 11.9 Å². The number of amides is 1. The second-order valence-corrected chi connectivity index (χ2v) is 7.25. The van der Waals surface area contributed by atoms with E-state index in [1.165, 1.54) is 0 Å². The number of hydrogen-bond acceptors (Lipinski definition) is 4. The van der Waals surface area contributed by atoms with Crippen LogP contribution in [0.2, 0.25) is 0 Å². The number of nitrogens with two attached hydrogens (primary N) is 1. The Morgan fingerprint density at radius 2 is 2.08 bits per heavy atom. The summed E-state index contributed by atoms with van der Waals surface area (Å²) in [5.74, 6) is 0.693. The van der Waals surface area contributed by atoms with Crippen molar-refractivity contribution in [1.29, 1.82) is 0 Å². The van der Waals surface area contributed by atoms with E-state index in [2.05, 4.69) is 0 Å². The number of rotatable bonds is 5. The Balaban J connectivity index is 0.00000225. The summed E-state index contributed by atoms with van der Waals surface area (Å²) < 4.78 is 11.5. The molecule has 5 nitrogen and oxygen atoms in total. The van der Waals surface area contributed by atoms with Crippen molar-refractivity contribution in [3.63, 3.8) is 0 Å². The van der Waals surface area contributed by atoms with E-state index in [0.29, 0.717) is 19.6 Å². The number of halogens is 1. The fourth-order valence-electron chi connectivity index (χ4n) is 3.56. The molecule has 1 aromatic heterocycles. The lowest BCUT2D eigenvalue weighted by molar-refractivity contribution is -0.178. The highest BCUT2D eigenvalue weighted by atomic mass is 35.5. The van der Waals surface area contributed by atoms with Gasteiger partial charge in [0.15, 0.2) is 0 Å². The number of carbonyl (C=O) groups is 1. The Morgan fingerprint density at radius 1 is 1.40 bits per heavy atom. The highest BCUT2D eigenvalue weighted by Gasteiger charge is 2.63. The van der Waals surface area contributed by atoms with Gasteiger partial charge in [0, 0.05) is 30.9 Å². The van der Waals surface area contributed by atoms with Crippen molar-refractivity contribution in [2.75, 3.05) is 13.7 Å². The molecule has 0 spiro atoms.